The van der Waals surface area contributed by atoms with Gasteiger partial charge in [-0.05, 0) is 96.0 Å². The highest BCUT2D eigenvalue weighted by Crippen LogP contribution is 2.39. The molecule has 3 N–H and O–H groups in total. The lowest BCUT2D eigenvalue weighted by molar-refractivity contribution is -0.133. The zero-order valence-electron chi connectivity index (χ0n) is 25.1. The molecule has 1 atom stereocenters. The number of halogens is 1. The summed E-state index contributed by atoms with van der Waals surface area (Å²) in [5, 5.41) is 8.37. The molecule has 2 aliphatic rings. The van der Waals surface area contributed by atoms with Gasteiger partial charge in [0.2, 0.25) is 14.2 Å². The number of nitrogens with two attached hydrogens (primary N) is 1. The van der Waals surface area contributed by atoms with Gasteiger partial charge in [-0.3, -0.25) is 4.79 Å². The molecule has 8 nitrogen and oxygen atoms in total. The van der Waals surface area contributed by atoms with Crippen molar-refractivity contribution in [2.24, 2.45) is 16.6 Å². The number of likely N-dealkylation sites (tertiary alicyclic amines) is 1. The Bertz CT molecular complexity index is 1470. The number of carbonyl (C=O) groups is 1. The van der Waals surface area contributed by atoms with Crippen molar-refractivity contribution in [2.45, 2.75) is 84.0 Å². The fourth-order valence-electron chi connectivity index (χ4n) is 5.18. The van der Waals surface area contributed by atoms with Crippen molar-refractivity contribution < 1.29 is 9.22 Å². The van der Waals surface area contributed by atoms with E-state index >= 15 is 0 Å². The smallest absolute Gasteiger partial charge is 0.250 e. The molecule has 1 amide bonds. The van der Waals surface area contributed by atoms with E-state index in [1.807, 2.05) is 28.9 Å². The minimum absolute atomic E-state index is 0.115. The van der Waals surface area contributed by atoms with Gasteiger partial charge in [-0.2, -0.15) is 5.10 Å². The number of nitrogens with one attached hydrogen (secondary N) is 1. The molecule has 1 aliphatic heterocycles. The average Bonchev–Trinajstić information content (AvgIpc) is 3.53. The molecular weight excluding hydrogens is 596 g/mol. The summed E-state index contributed by atoms with van der Waals surface area (Å²) in [7, 11) is -1.96. The van der Waals surface area contributed by atoms with Crippen LogP contribution in [-0.2, 0) is 11.2 Å². The van der Waals surface area contributed by atoms with Crippen LogP contribution >= 0.6 is 15.9 Å². The molecule has 1 aliphatic carbocycles. The van der Waals surface area contributed by atoms with Crippen LogP contribution in [0, 0.1) is 5.92 Å². The Kier molecular flexibility index (Phi) is 8.27. The molecule has 1 saturated heterocycles. The standard InChI is InChI=1S/C31H43BrN6O2Si/c1-7-20-15-24(40-41(5,6)31(2,3)4)12-13-26(20)36-29(33)25-18-35-38-19-22(32)16-27(38)28(25)34-17-23-9-8-14-37(23)30(39)21-10-11-21/h12-13,15-16,18-19,21,23,34H,7-11,14,17H2,1-6H3,(H2,33,36)/t23-/m1/s1. The normalized spacial score (nSPS) is 18.3. The van der Waals surface area contributed by atoms with Gasteiger partial charge in [-0.1, -0.05) is 27.7 Å². The highest BCUT2D eigenvalue weighted by atomic mass is 79.9. The number of rotatable bonds is 9. The highest BCUT2D eigenvalue weighted by molar-refractivity contribution is 9.10. The SMILES string of the molecule is CCc1cc(O[Si](C)(C)C(C)(C)C)ccc1N=C(N)c1cnn2cc(Br)cc2c1NC[C@H]1CCCN1C(=O)C1CC1. The lowest BCUT2D eigenvalue weighted by Gasteiger charge is -2.36. The van der Waals surface area contributed by atoms with Crippen LogP contribution in [0.2, 0.25) is 18.1 Å². The number of aryl methyl sites for hydroxylation is 1. The Morgan fingerprint density at radius 1 is 1.24 bits per heavy atom. The molecule has 41 heavy (non-hydrogen) atoms. The van der Waals surface area contributed by atoms with Crippen molar-refractivity contribution in [1.29, 1.82) is 0 Å². The number of hydrogen-bond acceptors (Lipinski definition) is 5. The van der Waals surface area contributed by atoms with Gasteiger partial charge in [0.15, 0.2) is 0 Å². The predicted molar refractivity (Wildman–Crippen MR) is 173 cm³/mol. The number of amides is 1. The Hall–Kier alpha value is -2.85. The Balaban J connectivity index is 1.44. The van der Waals surface area contributed by atoms with Gasteiger partial charge in [0.1, 0.15) is 11.6 Å². The minimum atomic E-state index is -1.96. The van der Waals surface area contributed by atoms with Gasteiger partial charge in [0.25, 0.3) is 0 Å². The van der Waals surface area contributed by atoms with Crippen LogP contribution in [0.25, 0.3) is 5.52 Å². The highest BCUT2D eigenvalue weighted by Gasteiger charge is 2.39. The lowest BCUT2D eigenvalue weighted by atomic mass is 10.1. The van der Waals surface area contributed by atoms with Gasteiger partial charge in [-0.15, -0.1) is 0 Å². The lowest BCUT2D eigenvalue weighted by Crippen LogP contribution is -2.43. The summed E-state index contributed by atoms with van der Waals surface area (Å²) in [6, 6.07) is 8.30. The van der Waals surface area contributed by atoms with Crippen molar-refractivity contribution in [1.82, 2.24) is 14.5 Å². The van der Waals surface area contributed by atoms with E-state index in [0.29, 0.717) is 18.3 Å². The van der Waals surface area contributed by atoms with Crippen LogP contribution in [0.3, 0.4) is 0 Å². The van der Waals surface area contributed by atoms with Crippen LogP contribution in [0.4, 0.5) is 11.4 Å². The van der Waals surface area contributed by atoms with E-state index in [-0.39, 0.29) is 17.0 Å². The topological polar surface area (TPSA) is 97.2 Å². The van der Waals surface area contributed by atoms with E-state index in [2.05, 4.69) is 78.1 Å². The number of hydrogen-bond donors (Lipinski definition) is 2. The quantitative estimate of drug-likeness (QED) is 0.151. The summed E-state index contributed by atoms with van der Waals surface area (Å²) < 4.78 is 9.31. The molecule has 1 saturated carbocycles. The second-order valence-corrected chi connectivity index (χ2v) is 18.5. The minimum Gasteiger partial charge on any atom is -0.543 e. The monoisotopic (exact) mass is 638 g/mol. The van der Waals surface area contributed by atoms with Crippen LogP contribution in [0.1, 0.15) is 64.5 Å². The number of aromatic nitrogens is 2. The van der Waals surface area contributed by atoms with Crippen LogP contribution < -0.4 is 15.5 Å². The number of carbonyl (C=O) groups excluding carboxylic acids is 1. The van der Waals surface area contributed by atoms with Gasteiger partial charge in [0, 0.05) is 35.7 Å². The second-order valence-electron chi connectivity index (χ2n) is 12.9. The van der Waals surface area contributed by atoms with E-state index in [0.717, 1.165) is 76.9 Å². The van der Waals surface area contributed by atoms with Gasteiger partial charge < -0.3 is 20.4 Å². The largest absolute Gasteiger partial charge is 0.543 e. The number of anilines is 1. The zero-order valence-corrected chi connectivity index (χ0v) is 27.7. The maximum absolute atomic E-state index is 12.9. The van der Waals surface area contributed by atoms with E-state index in [1.165, 1.54) is 0 Å². The number of benzene rings is 1. The van der Waals surface area contributed by atoms with Crippen molar-refractivity contribution >= 4 is 52.9 Å². The number of nitrogens with zero attached hydrogens (tertiary/aromatic N) is 4. The predicted octanol–water partition coefficient (Wildman–Crippen LogP) is 6.89. The molecule has 3 heterocycles. The summed E-state index contributed by atoms with van der Waals surface area (Å²) in [4.78, 5) is 19.8. The molecule has 0 radical (unpaired) electrons. The Labute approximate surface area is 253 Å². The second kappa shape index (κ2) is 11.4. The van der Waals surface area contributed by atoms with Crippen molar-refractivity contribution in [2.75, 3.05) is 18.4 Å². The third-order valence-corrected chi connectivity index (χ3v) is 13.6. The summed E-state index contributed by atoms with van der Waals surface area (Å²) in [6.07, 6.45) is 8.59. The summed E-state index contributed by atoms with van der Waals surface area (Å²) >= 11 is 3.59. The number of amidine groups is 1. The van der Waals surface area contributed by atoms with E-state index < -0.39 is 8.32 Å². The Morgan fingerprint density at radius 3 is 2.68 bits per heavy atom. The maximum atomic E-state index is 12.9. The van der Waals surface area contributed by atoms with Gasteiger partial charge in [-0.25, -0.2) is 9.51 Å². The molecule has 220 valence electrons. The fraction of sp³-hybridized carbons (Fsp3) is 0.516. The molecule has 2 fully saturated rings. The summed E-state index contributed by atoms with van der Waals surface area (Å²) in [6.45, 7) is 14.9. The molecule has 0 spiro atoms. The Morgan fingerprint density at radius 2 is 2.00 bits per heavy atom. The maximum Gasteiger partial charge on any atom is 0.250 e. The van der Waals surface area contributed by atoms with E-state index in [4.69, 9.17) is 15.2 Å². The average molecular weight is 640 g/mol. The first-order valence-electron chi connectivity index (χ1n) is 14.8. The molecule has 2 aromatic heterocycles. The van der Waals surface area contributed by atoms with Crippen molar-refractivity contribution in [3.8, 4) is 5.75 Å². The molecule has 0 unspecified atom stereocenters. The first-order chi connectivity index (χ1) is 19.4. The van der Waals surface area contributed by atoms with Gasteiger partial charge in [0.05, 0.1) is 28.7 Å². The number of fused-ring (bicyclic) bond motifs is 1. The van der Waals surface area contributed by atoms with Crippen LogP contribution in [-0.4, -0.2) is 53.7 Å². The van der Waals surface area contributed by atoms with E-state index in [1.54, 1.807) is 6.20 Å². The molecular formula is C31H43BrN6O2Si. The van der Waals surface area contributed by atoms with E-state index in [9.17, 15) is 4.79 Å². The van der Waals surface area contributed by atoms with Crippen molar-refractivity contribution in [3.05, 3.63) is 52.3 Å². The molecule has 0 bridgehead atoms. The van der Waals surface area contributed by atoms with Crippen LogP contribution in [0.15, 0.2) is 46.1 Å². The third kappa shape index (κ3) is 6.33. The van der Waals surface area contributed by atoms with Crippen molar-refractivity contribution in [3.63, 3.8) is 0 Å². The molecule has 3 aromatic rings. The summed E-state index contributed by atoms with van der Waals surface area (Å²) in [5.74, 6) is 1.82. The number of aliphatic imine (C=N–C) groups is 1. The first kappa shape index (κ1) is 29.6. The first-order valence-corrected chi connectivity index (χ1v) is 18.5. The van der Waals surface area contributed by atoms with Gasteiger partial charge >= 0.3 is 0 Å². The van der Waals surface area contributed by atoms with Crippen LogP contribution in [0.5, 0.6) is 5.75 Å². The molecule has 5 rings (SSSR count). The molecule has 10 heteroatoms. The third-order valence-electron chi connectivity index (χ3n) is 8.83. The summed E-state index contributed by atoms with van der Waals surface area (Å²) in [5.41, 5.74) is 11.1. The zero-order chi connectivity index (χ0) is 29.5. The molecule has 1 aromatic carbocycles. The fourth-order valence-corrected chi connectivity index (χ4v) is 6.62.